The Morgan fingerprint density at radius 3 is 2.36 bits per heavy atom. The largest absolute Gasteiger partial charge is 0.390 e. The highest BCUT2D eigenvalue weighted by Gasteiger charge is 2.30. The zero-order valence-corrected chi connectivity index (χ0v) is 9.76. The van der Waals surface area contributed by atoms with Crippen LogP contribution in [0.25, 0.3) is 0 Å². The van der Waals surface area contributed by atoms with Crippen LogP contribution < -0.4 is 0 Å². The average molecular weight is 199 g/mol. The van der Waals surface area contributed by atoms with E-state index in [1.54, 1.807) is 0 Å². The summed E-state index contributed by atoms with van der Waals surface area (Å²) in [5.41, 5.74) is -0.333. The van der Waals surface area contributed by atoms with Crippen molar-refractivity contribution in [3.05, 3.63) is 0 Å². The molecule has 2 nitrogen and oxygen atoms in total. The first-order chi connectivity index (χ1) is 6.66. The quantitative estimate of drug-likeness (QED) is 0.687. The van der Waals surface area contributed by atoms with Gasteiger partial charge in [0, 0.05) is 13.1 Å². The second-order valence-electron chi connectivity index (χ2n) is 4.84. The highest BCUT2D eigenvalue weighted by molar-refractivity contribution is 4.84. The summed E-state index contributed by atoms with van der Waals surface area (Å²) in [6, 6.07) is 0. The van der Waals surface area contributed by atoms with Gasteiger partial charge in [-0.15, -0.1) is 0 Å². The molecule has 2 heteroatoms. The van der Waals surface area contributed by atoms with Gasteiger partial charge in [0.2, 0.25) is 0 Å². The molecule has 1 rings (SSSR count). The molecule has 0 radical (unpaired) electrons. The van der Waals surface area contributed by atoms with E-state index >= 15 is 0 Å². The summed E-state index contributed by atoms with van der Waals surface area (Å²) in [5, 5.41) is 10.3. The monoisotopic (exact) mass is 199 g/mol. The van der Waals surface area contributed by atoms with Gasteiger partial charge in [-0.3, -0.25) is 0 Å². The van der Waals surface area contributed by atoms with Crippen LogP contribution in [0, 0.1) is 0 Å². The molecule has 0 amide bonds. The number of hydrogen-bond acceptors (Lipinski definition) is 2. The van der Waals surface area contributed by atoms with Gasteiger partial charge in [-0.1, -0.05) is 32.6 Å². The fraction of sp³-hybridized carbons (Fsp3) is 1.00. The molecular formula is C12H25NO. The van der Waals surface area contributed by atoms with Gasteiger partial charge in [-0.05, 0) is 26.3 Å². The van der Waals surface area contributed by atoms with Gasteiger partial charge in [-0.25, -0.2) is 0 Å². The Labute approximate surface area is 88.3 Å². The van der Waals surface area contributed by atoms with E-state index in [9.17, 15) is 5.11 Å². The number of unbranched alkanes of at least 4 members (excludes halogenated alkanes) is 3. The van der Waals surface area contributed by atoms with E-state index in [1.165, 1.54) is 25.7 Å². The van der Waals surface area contributed by atoms with Crippen LogP contribution in [-0.4, -0.2) is 35.7 Å². The number of aliphatic hydroxyl groups is 1. The average Bonchev–Trinajstić information content (AvgIpc) is 2.18. The molecule has 1 saturated heterocycles. The summed E-state index contributed by atoms with van der Waals surface area (Å²) >= 11 is 0. The Morgan fingerprint density at radius 2 is 1.79 bits per heavy atom. The lowest BCUT2D eigenvalue weighted by Gasteiger charge is -2.36. The van der Waals surface area contributed by atoms with E-state index < -0.39 is 0 Å². The number of likely N-dealkylation sites (tertiary alicyclic amines) is 1. The van der Waals surface area contributed by atoms with E-state index in [0.717, 1.165) is 32.4 Å². The molecule has 0 aromatic heterocycles. The minimum Gasteiger partial charge on any atom is -0.390 e. The SMILES string of the molecule is CCCCCCC1(O)CCN(C)CC1. The maximum atomic E-state index is 10.3. The maximum Gasteiger partial charge on any atom is 0.0672 e. The lowest BCUT2D eigenvalue weighted by Crippen LogP contribution is -2.42. The normalized spacial score (nSPS) is 22.5. The van der Waals surface area contributed by atoms with Crippen LogP contribution in [-0.2, 0) is 0 Å². The highest BCUT2D eigenvalue weighted by atomic mass is 16.3. The van der Waals surface area contributed by atoms with Gasteiger partial charge in [-0.2, -0.15) is 0 Å². The maximum absolute atomic E-state index is 10.3. The van der Waals surface area contributed by atoms with E-state index in [-0.39, 0.29) is 5.60 Å². The molecular weight excluding hydrogens is 174 g/mol. The molecule has 0 aliphatic carbocycles. The topological polar surface area (TPSA) is 23.5 Å². The molecule has 0 spiro atoms. The van der Waals surface area contributed by atoms with Crippen LogP contribution in [0.3, 0.4) is 0 Å². The van der Waals surface area contributed by atoms with E-state index in [2.05, 4.69) is 18.9 Å². The molecule has 1 fully saturated rings. The molecule has 1 heterocycles. The van der Waals surface area contributed by atoms with Crippen molar-refractivity contribution < 1.29 is 5.11 Å². The van der Waals surface area contributed by atoms with Crippen LogP contribution in [0.2, 0.25) is 0 Å². The first-order valence-corrected chi connectivity index (χ1v) is 6.07. The fourth-order valence-electron chi connectivity index (χ4n) is 2.17. The second kappa shape index (κ2) is 5.72. The van der Waals surface area contributed by atoms with Crippen molar-refractivity contribution in [3.8, 4) is 0 Å². The number of hydrogen-bond donors (Lipinski definition) is 1. The van der Waals surface area contributed by atoms with Crippen LogP contribution in [0.15, 0.2) is 0 Å². The first-order valence-electron chi connectivity index (χ1n) is 6.07. The van der Waals surface area contributed by atoms with Crippen molar-refractivity contribution in [1.82, 2.24) is 4.90 Å². The lowest BCUT2D eigenvalue weighted by atomic mass is 9.86. The Balaban J connectivity index is 2.15. The van der Waals surface area contributed by atoms with Gasteiger partial charge < -0.3 is 10.0 Å². The van der Waals surface area contributed by atoms with Crippen molar-refractivity contribution >= 4 is 0 Å². The van der Waals surface area contributed by atoms with E-state index in [1.807, 2.05) is 0 Å². The minimum atomic E-state index is -0.333. The predicted octanol–water partition coefficient (Wildman–Crippen LogP) is 2.41. The first kappa shape index (κ1) is 12.0. The summed E-state index contributed by atoms with van der Waals surface area (Å²) < 4.78 is 0. The summed E-state index contributed by atoms with van der Waals surface area (Å²) in [7, 11) is 2.14. The molecule has 0 unspecified atom stereocenters. The van der Waals surface area contributed by atoms with Gasteiger partial charge in [0.25, 0.3) is 0 Å². The van der Waals surface area contributed by atoms with Crippen LogP contribution in [0.5, 0.6) is 0 Å². The third-order valence-corrected chi connectivity index (χ3v) is 3.41. The number of rotatable bonds is 5. The molecule has 0 atom stereocenters. The van der Waals surface area contributed by atoms with Crippen LogP contribution in [0.4, 0.5) is 0 Å². The van der Waals surface area contributed by atoms with E-state index in [0.29, 0.717) is 0 Å². The fourth-order valence-corrected chi connectivity index (χ4v) is 2.17. The third kappa shape index (κ3) is 3.97. The Hall–Kier alpha value is -0.0800. The smallest absolute Gasteiger partial charge is 0.0672 e. The number of piperidine rings is 1. The van der Waals surface area contributed by atoms with E-state index in [4.69, 9.17) is 0 Å². The third-order valence-electron chi connectivity index (χ3n) is 3.41. The molecule has 84 valence electrons. The second-order valence-corrected chi connectivity index (χ2v) is 4.84. The molecule has 14 heavy (non-hydrogen) atoms. The van der Waals surface area contributed by atoms with Crippen LogP contribution in [0.1, 0.15) is 51.9 Å². The summed E-state index contributed by atoms with van der Waals surface area (Å²) in [4.78, 5) is 2.31. The highest BCUT2D eigenvalue weighted by Crippen LogP contribution is 2.27. The zero-order valence-electron chi connectivity index (χ0n) is 9.76. The van der Waals surface area contributed by atoms with Crippen LogP contribution >= 0.6 is 0 Å². The van der Waals surface area contributed by atoms with Gasteiger partial charge in [0.15, 0.2) is 0 Å². The standard InChI is InChI=1S/C12H25NO/c1-3-4-5-6-7-12(14)8-10-13(2)11-9-12/h14H,3-11H2,1-2H3. The Morgan fingerprint density at radius 1 is 1.14 bits per heavy atom. The molecule has 1 N–H and O–H groups in total. The molecule has 1 aliphatic rings. The van der Waals surface area contributed by atoms with Gasteiger partial charge >= 0.3 is 0 Å². The molecule has 1 aliphatic heterocycles. The minimum absolute atomic E-state index is 0.333. The van der Waals surface area contributed by atoms with Crippen molar-refractivity contribution in [2.75, 3.05) is 20.1 Å². The molecule has 0 saturated carbocycles. The van der Waals surface area contributed by atoms with Gasteiger partial charge in [0.1, 0.15) is 0 Å². The predicted molar refractivity (Wildman–Crippen MR) is 60.4 cm³/mol. The molecule has 0 bridgehead atoms. The number of nitrogens with zero attached hydrogens (tertiary/aromatic N) is 1. The van der Waals surface area contributed by atoms with Crippen molar-refractivity contribution in [1.29, 1.82) is 0 Å². The van der Waals surface area contributed by atoms with Crippen molar-refractivity contribution in [2.45, 2.75) is 57.5 Å². The van der Waals surface area contributed by atoms with Gasteiger partial charge in [0.05, 0.1) is 5.60 Å². The van der Waals surface area contributed by atoms with Crippen molar-refractivity contribution in [3.63, 3.8) is 0 Å². The summed E-state index contributed by atoms with van der Waals surface area (Å²) in [5.74, 6) is 0. The zero-order chi connectivity index (χ0) is 10.4. The molecule has 0 aromatic carbocycles. The summed E-state index contributed by atoms with van der Waals surface area (Å²) in [6.45, 7) is 4.35. The Kier molecular flexibility index (Phi) is 4.90. The Bertz CT molecular complexity index is 150. The summed E-state index contributed by atoms with van der Waals surface area (Å²) in [6.07, 6.45) is 8.03. The molecule has 0 aromatic rings. The van der Waals surface area contributed by atoms with Crippen molar-refractivity contribution in [2.24, 2.45) is 0 Å². The lowest BCUT2D eigenvalue weighted by molar-refractivity contribution is -0.0240.